The molecule has 4 aromatic rings. The van der Waals surface area contributed by atoms with E-state index in [1.807, 2.05) is 37.3 Å². The normalized spacial score (nSPS) is 11.9. The number of ether oxygens (including phenoxy) is 1. The van der Waals surface area contributed by atoms with Gasteiger partial charge in [0, 0.05) is 28.1 Å². The van der Waals surface area contributed by atoms with Crippen molar-refractivity contribution in [2.75, 3.05) is 0 Å². The maximum Gasteiger partial charge on any atom is 0.349 e. The number of fused-ring (bicyclic) bond motifs is 1. The summed E-state index contributed by atoms with van der Waals surface area (Å²) in [5.41, 5.74) is 3.76. The Kier molecular flexibility index (Phi) is 5.11. The SMILES string of the molecule is Cc1ccccc1-c1cc(=O)oc2c(C)c(OC(C(=O)O)c3ccccc3)ccc12. The number of aliphatic carboxylic acids is 1. The maximum absolute atomic E-state index is 12.3. The van der Waals surface area contributed by atoms with E-state index < -0.39 is 17.7 Å². The van der Waals surface area contributed by atoms with Gasteiger partial charge < -0.3 is 14.3 Å². The monoisotopic (exact) mass is 400 g/mol. The maximum atomic E-state index is 12.3. The van der Waals surface area contributed by atoms with Crippen molar-refractivity contribution in [1.29, 1.82) is 0 Å². The minimum absolute atomic E-state index is 0.351. The molecule has 3 aromatic carbocycles. The van der Waals surface area contributed by atoms with E-state index in [-0.39, 0.29) is 0 Å². The van der Waals surface area contributed by atoms with Crippen LogP contribution in [-0.2, 0) is 4.79 Å². The van der Waals surface area contributed by atoms with Gasteiger partial charge in [-0.25, -0.2) is 9.59 Å². The molecular weight excluding hydrogens is 380 g/mol. The van der Waals surface area contributed by atoms with Crippen LogP contribution in [0.2, 0.25) is 0 Å². The van der Waals surface area contributed by atoms with Crippen LogP contribution in [0.15, 0.2) is 82.0 Å². The lowest BCUT2D eigenvalue weighted by Gasteiger charge is -2.18. The lowest BCUT2D eigenvalue weighted by atomic mass is 9.97. The Morgan fingerprint density at radius 1 is 0.933 bits per heavy atom. The Morgan fingerprint density at radius 3 is 2.33 bits per heavy atom. The second kappa shape index (κ2) is 7.87. The van der Waals surface area contributed by atoms with E-state index in [0.717, 1.165) is 22.1 Å². The van der Waals surface area contributed by atoms with Crippen LogP contribution in [0.25, 0.3) is 22.1 Å². The minimum Gasteiger partial charge on any atom is -0.478 e. The zero-order valence-electron chi connectivity index (χ0n) is 16.6. The third-order valence-corrected chi connectivity index (χ3v) is 5.12. The minimum atomic E-state index is -1.17. The molecule has 0 spiro atoms. The first-order chi connectivity index (χ1) is 14.5. The van der Waals surface area contributed by atoms with E-state index >= 15 is 0 Å². The van der Waals surface area contributed by atoms with E-state index in [1.54, 1.807) is 43.3 Å². The van der Waals surface area contributed by atoms with Crippen molar-refractivity contribution in [3.8, 4) is 16.9 Å². The Labute approximate surface area is 173 Å². The molecule has 0 aliphatic carbocycles. The molecule has 150 valence electrons. The molecule has 1 heterocycles. The molecule has 5 nitrogen and oxygen atoms in total. The molecule has 0 radical (unpaired) electrons. The predicted octanol–water partition coefficient (Wildman–Crippen LogP) is 5.28. The van der Waals surface area contributed by atoms with E-state index in [2.05, 4.69) is 0 Å². The Balaban J connectivity index is 1.85. The summed E-state index contributed by atoms with van der Waals surface area (Å²) in [6.45, 7) is 3.74. The average Bonchev–Trinajstić information content (AvgIpc) is 2.74. The van der Waals surface area contributed by atoms with Crippen molar-refractivity contribution in [2.45, 2.75) is 20.0 Å². The standard InChI is InChI=1S/C25H20O5/c1-15-8-6-7-11-18(15)20-14-22(26)30-23-16(2)21(13-12-19(20)23)29-24(25(27)28)17-9-4-3-5-10-17/h3-14,24H,1-2H3,(H,27,28). The average molecular weight is 400 g/mol. The number of benzene rings is 3. The highest BCUT2D eigenvalue weighted by Gasteiger charge is 2.23. The number of hydrogen-bond acceptors (Lipinski definition) is 4. The Hall–Kier alpha value is -3.86. The molecule has 1 atom stereocenters. The van der Waals surface area contributed by atoms with Crippen LogP contribution in [0, 0.1) is 13.8 Å². The molecule has 1 unspecified atom stereocenters. The number of carboxylic acid groups (broad SMARTS) is 1. The van der Waals surface area contributed by atoms with Gasteiger partial charge in [-0.2, -0.15) is 0 Å². The van der Waals surface area contributed by atoms with Gasteiger partial charge >= 0.3 is 11.6 Å². The summed E-state index contributed by atoms with van der Waals surface area (Å²) in [4.78, 5) is 24.1. The summed E-state index contributed by atoms with van der Waals surface area (Å²) in [5, 5.41) is 10.4. The fourth-order valence-electron chi connectivity index (χ4n) is 3.58. The second-order valence-corrected chi connectivity index (χ2v) is 7.11. The smallest absolute Gasteiger partial charge is 0.349 e. The van der Waals surface area contributed by atoms with Gasteiger partial charge in [-0.3, -0.25) is 0 Å². The van der Waals surface area contributed by atoms with E-state index in [1.165, 1.54) is 6.07 Å². The van der Waals surface area contributed by atoms with Crippen molar-refractivity contribution >= 4 is 16.9 Å². The van der Waals surface area contributed by atoms with E-state index in [0.29, 0.717) is 22.5 Å². The lowest BCUT2D eigenvalue weighted by Crippen LogP contribution is -2.18. The van der Waals surface area contributed by atoms with Crippen LogP contribution in [0.1, 0.15) is 22.8 Å². The molecule has 0 saturated heterocycles. The summed E-state index contributed by atoms with van der Waals surface area (Å²) in [6, 6.07) is 21.5. The largest absolute Gasteiger partial charge is 0.478 e. The van der Waals surface area contributed by atoms with E-state index in [9.17, 15) is 14.7 Å². The van der Waals surface area contributed by atoms with Gasteiger partial charge in [0.2, 0.25) is 6.10 Å². The van der Waals surface area contributed by atoms with Crippen LogP contribution in [0.4, 0.5) is 0 Å². The highest BCUT2D eigenvalue weighted by molar-refractivity contribution is 5.96. The van der Waals surface area contributed by atoms with Crippen molar-refractivity contribution in [3.05, 3.63) is 99.9 Å². The van der Waals surface area contributed by atoms with Gasteiger partial charge in [-0.15, -0.1) is 0 Å². The molecule has 0 bridgehead atoms. The van der Waals surface area contributed by atoms with Gasteiger partial charge in [0.25, 0.3) is 0 Å². The predicted molar refractivity (Wildman–Crippen MR) is 115 cm³/mol. The Morgan fingerprint density at radius 2 is 1.63 bits per heavy atom. The molecule has 0 aliphatic rings. The number of aryl methyl sites for hydroxylation is 2. The first-order valence-electron chi connectivity index (χ1n) is 9.53. The molecule has 5 heteroatoms. The summed E-state index contributed by atoms with van der Waals surface area (Å²) in [5.74, 6) is -0.750. The number of carboxylic acids is 1. The summed E-state index contributed by atoms with van der Waals surface area (Å²) >= 11 is 0. The fraction of sp³-hybridized carbons (Fsp3) is 0.120. The molecule has 0 fully saturated rings. The molecule has 1 N–H and O–H groups in total. The van der Waals surface area contributed by atoms with Crippen LogP contribution in [0.3, 0.4) is 0 Å². The molecular formula is C25H20O5. The quantitative estimate of drug-likeness (QED) is 0.461. The molecule has 1 aromatic heterocycles. The highest BCUT2D eigenvalue weighted by Crippen LogP contribution is 2.35. The fourth-order valence-corrected chi connectivity index (χ4v) is 3.58. The van der Waals surface area contributed by atoms with Crippen LogP contribution in [-0.4, -0.2) is 11.1 Å². The van der Waals surface area contributed by atoms with Gasteiger partial charge in [0.15, 0.2) is 0 Å². The van der Waals surface area contributed by atoms with Crippen molar-refractivity contribution in [2.24, 2.45) is 0 Å². The van der Waals surface area contributed by atoms with Crippen molar-refractivity contribution in [1.82, 2.24) is 0 Å². The molecule has 0 saturated carbocycles. The molecule has 30 heavy (non-hydrogen) atoms. The molecule has 4 rings (SSSR count). The molecule has 0 aliphatic heterocycles. The zero-order chi connectivity index (χ0) is 21.3. The van der Waals surface area contributed by atoms with Gasteiger partial charge in [-0.1, -0.05) is 54.6 Å². The zero-order valence-corrected chi connectivity index (χ0v) is 16.6. The molecule has 0 amide bonds. The first-order valence-corrected chi connectivity index (χ1v) is 9.53. The topological polar surface area (TPSA) is 76.7 Å². The van der Waals surface area contributed by atoms with Gasteiger partial charge in [-0.05, 0) is 37.1 Å². The van der Waals surface area contributed by atoms with Crippen molar-refractivity contribution in [3.63, 3.8) is 0 Å². The van der Waals surface area contributed by atoms with Crippen LogP contribution >= 0.6 is 0 Å². The highest BCUT2D eigenvalue weighted by atomic mass is 16.5. The summed E-state index contributed by atoms with van der Waals surface area (Å²) in [6.07, 6.45) is -1.17. The summed E-state index contributed by atoms with van der Waals surface area (Å²) in [7, 11) is 0. The first kappa shape index (κ1) is 19.5. The van der Waals surface area contributed by atoms with Gasteiger partial charge in [0.05, 0.1) is 0 Å². The van der Waals surface area contributed by atoms with E-state index in [4.69, 9.17) is 9.15 Å². The third kappa shape index (κ3) is 3.57. The third-order valence-electron chi connectivity index (χ3n) is 5.12. The Bertz CT molecular complexity index is 1290. The second-order valence-electron chi connectivity index (χ2n) is 7.11. The number of rotatable bonds is 5. The number of hydrogen-bond donors (Lipinski definition) is 1. The number of carbonyl (C=O) groups is 1. The van der Waals surface area contributed by atoms with Crippen LogP contribution in [0.5, 0.6) is 5.75 Å². The van der Waals surface area contributed by atoms with Crippen molar-refractivity contribution < 1.29 is 19.1 Å². The lowest BCUT2D eigenvalue weighted by molar-refractivity contribution is -0.145. The van der Waals surface area contributed by atoms with Gasteiger partial charge in [0.1, 0.15) is 11.3 Å². The summed E-state index contributed by atoms with van der Waals surface area (Å²) < 4.78 is 11.3. The van der Waals surface area contributed by atoms with Crippen LogP contribution < -0.4 is 10.4 Å².